The van der Waals surface area contributed by atoms with Crippen molar-refractivity contribution >= 4 is 11.6 Å². The highest BCUT2D eigenvalue weighted by Gasteiger charge is 2.31. The average molecular weight is 293 g/mol. The third-order valence-electron chi connectivity index (χ3n) is 4.17. The van der Waals surface area contributed by atoms with Crippen LogP contribution in [0.3, 0.4) is 0 Å². The Hall–Kier alpha value is -1.38. The van der Waals surface area contributed by atoms with Crippen LogP contribution in [0.1, 0.15) is 59.4 Å². The lowest BCUT2D eigenvalue weighted by molar-refractivity contribution is -0.126. The smallest absolute Gasteiger partial charge is 0.232 e. The van der Waals surface area contributed by atoms with Gasteiger partial charge in [0.2, 0.25) is 5.91 Å². The quantitative estimate of drug-likeness (QED) is 0.696. The Morgan fingerprint density at radius 1 is 1.24 bits per heavy atom. The maximum absolute atomic E-state index is 13.7. The Balaban J connectivity index is 3.16. The Bertz CT molecular complexity index is 482. The average Bonchev–Trinajstić information content (AvgIpc) is 2.48. The van der Waals surface area contributed by atoms with Crippen molar-refractivity contribution in [3.63, 3.8) is 0 Å². The number of rotatable bonds is 7. The predicted molar refractivity (Wildman–Crippen MR) is 87.1 cm³/mol. The maximum Gasteiger partial charge on any atom is 0.232 e. The van der Waals surface area contributed by atoms with Crippen molar-refractivity contribution in [1.82, 2.24) is 0 Å². The lowest BCUT2D eigenvalue weighted by atomic mass is 9.88. The Labute approximate surface area is 128 Å². The van der Waals surface area contributed by atoms with Crippen LogP contribution in [-0.2, 0) is 11.2 Å². The molecular formula is C18H28FNO. The molecule has 0 fully saturated rings. The molecule has 0 radical (unpaired) electrons. The Kier molecular flexibility index (Phi) is 6.38. The fourth-order valence-electron chi connectivity index (χ4n) is 2.18. The normalized spacial score (nSPS) is 11.5. The summed E-state index contributed by atoms with van der Waals surface area (Å²) in [6, 6.07) is 5.00. The van der Waals surface area contributed by atoms with Crippen LogP contribution in [0.5, 0.6) is 0 Å². The summed E-state index contributed by atoms with van der Waals surface area (Å²) in [6.45, 7) is 10.7. The molecule has 1 aromatic rings. The summed E-state index contributed by atoms with van der Waals surface area (Å²) in [5.74, 6) is -0.0778. The number of halogens is 1. The van der Waals surface area contributed by atoms with Gasteiger partial charge >= 0.3 is 0 Å². The van der Waals surface area contributed by atoms with Crippen LogP contribution in [0, 0.1) is 11.2 Å². The number of anilines is 1. The van der Waals surface area contributed by atoms with Crippen LogP contribution in [0.2, 0.25) is 0 Å². The number of nitrogens with zero attached hydrogens (tertiary/aromatic N) is 1. The molecule has 0 aliphatic heterocycles. The highest BCUT2D eigenvalue weighted by molar-refractivity contribution is 5.97. The molecule has 0 heterocycles. The van der Waals surface area contributed by atoms with Gasteiger partial charge in [-0.3, -0.25) is 4.79 Å². The van der Waals surface area contributed by atoms with Crippen LogP contribution >= 0.6 is 0 Å². The second-order valence-electron chi connectivity index (χ2n) is 6.18. The van der Waals surface area contributed by atoms with Crippen molar-refractivity contribution < 1.29 is 9.18 Å². The molecule has 1 amide bonds. The topological polar surface area (TPSA) is 20.3 Å². The van der Waals surface area contributed by atoms with Gasteiger partial charge in [0.25, 0.3) is 0 Å². The van der Waals surface area contributed by atoms with E-state index in [1.807, 2.05) is 38.7 Å². The van der Waals surface area contributed by atoms with Gasteiger partial charge in [0, 0.05) is 17.6 Å². The Morgan fingerprint density at radius 3 is 2.43 bits per heavy atom. The summed E-state index contributed by atoms with van der Waals surface area (Å²) in [4.78, 5) is 14.6. The van der Waals surface area contributed by atoms with Gasteiger partial charge in [-0.1, -0.05) is 41.0 Å². The maximum atomic E-state index is 13.7. The summed E-state index contributed by atoms with van der Waals surface area (Å²) in [7, 11) is 0. The molecule has 0 saturated heterocycles. The van der Waals surface area contributed by atoms with E-state index in [0.717, 1.165) is 24.9 Å². The van der Waals surface area contributed by atoms with Gasteiger partial charge in [0.15, 0.2) is 0 Å². The van der Waals surface area contributed by atoms with Crippen LogP contribution in [-0.4, -0.2) is 12.5 Å². The number of carbonyl (C=O) groups excluding carboxylic acids is 1. The van der Waals surface area contributed by atoms with E-state index in [2.05, 4.69) is 6.92 Å². The molecule has 1 aromatic carbocycles. The molecule has 3 heteroatoms. The molecule has 0 aliphatic carbocycles. The molecule has 1 rings (SSSR count). The monoisotopic (exact) mass is 293 g/mol. The van der Waals surface area contributed by atoms with Crippen molar-refractivity contribution in [2.75, 3.05) is 11.4 Å². The molecule has 0 saturated carbocycles. The zero-order valence-electron chi connectivity index (χ0n) is 14.0. The molecule has 0 atom stereocenters. The first-order valence-corrected chi connectivity index (χ1v) is 7.97. The fraction of sp³-hybridized carbons (Fsp3) is 0.611. The summed E-state index contributed by atoms with van der Waals surface area (Å²) in [5, 5.41) is 0. The third kappa shape index (κ3) is 4.29. The van der Waals surface area contributed by atoms with Crippen LogP contribution in [0.4, 0.5) is 10.1 Å². The molecular weight excluding hydrogens is 265 g/mol. The number of benzene rings is 1. The zero-order valence-corrected chi connectivity index (χ0v) is 14.0. The van der Waals surface area contributed by atoms with E-state index in [-0.39, 0.29) is 11.7 Å². The van der Waals surface area contributed by atoms with E-state index in [4.69, 9.17) is 0 Å². The highest BCUT2D eigenvalue weighted by Crippen LogP contribution is 2.28. The number of hydrogen-bond acceptors (Lipinski definition) is 1. The standard InChI is InChI=1S/C18H28FNO/c1-6-9-12-20(17(21)18(4,5)8-3)15-10-11-16(19)14(7-2)13-15/h10-11,13H,6-9,12H2,1-5H3. The van der Waals surface area contributed by atoms with Crippen molar-refractivity contribution in [3.8, 4) is 0 Å². The number of amides is 1. The molecule has 0 aromatic heterocycles. The zero-order chi connectivity index (χ0) is 16.0. The molecule has 0 unspecified atom stereocenters. The lowest BCUT2D eigenvalue weighted by Crippen LogP contribution is -2.41. The third-order valence-corrected chi connectivity index (χ3v) is 4.17. The van der Waals surface area contributed by atoms with Gasteiger partial charge < -0.3 is 4.90 Å². The first-order chi connectivity index (χ1) is 9.87. The summed E-state index contributed by atoms with van der Waals surface area (Å²) < 4.78 is 13.7. The number of unbranched alkanes of at least 4 members (excludes halogenated alkanes) is 1. The largest absolute Gasteiger partial charge is 0.312 e. The molecule has 0 N–H and O–H groups in total. The molecule has 2 nitrogen and oxygen atoms in total. The number of carbonyl (C=O) groups is 1. The molecule has 0 bridgehead atoms. The summed E-state index contributed by atoms with van der Waals surface area (Å²) in [6.07, 6.45) is 3.39. The minimum absolute atomic E-state index is 0.118. The van der Waals surface area contributed by atoms with E-state index < -0.39 is 5.41 Å². The van der Waals surface area contributed by atoms with Crippen molar-refractivity contribution in [2.24, 2.45) is 5.41 Å². The van der Waals surface area contributed by atoms with Gasteiger partial charge in [-0.2, -0.15) is 0 Å². The van der Waals surface area contributed by atoms with E-state index in [1.54, 1.807) is 6.07 Å². The van der Waals surface area contributed by atoms with Crippen LogP contribution in [0.25, 0.3) is 0 Å². The lowest BCUT2D eigenvalue weighted by Gasteiger charge is -2.31. The van der Waals surface area contributed by atoms with Crippen molar-refractivity contribution in [1.29, 1.82) is 0 Å². The first-order valence-electron chi connectivity index (χ1n) is 7.97. The molecule has 118 valence electrons. The van der Waals surface area contributed by atoms with Crippen LogP contribution < -0.4 is 4.90 Å². The SMILES string of the molecule is CCCCN(C(=O)C(C)(C)CC)c1ccc(F)c(CC)c1. The van der Waals surface area contributed by atoms with Gasteiger partial charge in [-0.05, 0) is 43.0 Å². The van der Waals surface area contributed by atoms with Crippen LogP contribution in [0.15, 0.2) is 18.2 Å². The van der Waals surface area contributed by atoms with Crippen molar-refractivity contribution in [2.45, 2.75) is 60.3 Å². The number of hydrogen-bond donors (Lipinski definition) is 0. The second-order valence-corrected chi connectivity index (χ2v) is 6.18. The molecule has 21 heavy (non-hydrogen) atoms. The van der Waals surface area contributed by atoms with Gasteiger partial charge in [0.05, 0.1) is 0 Å². The first kappa shape index (κ1) is 17.7. The minimum atomic E-state index is -0.394. The van der Waals surface area contributed by atoms with E-state index >= 15 is 0 Å². The molecule has 0 spiro atoms. The predicted octanol–water partition coefficient (Wildman–Crippen LogP) is 4.96. The van der Waals surface area contributed by atoms with Gasteiger partial charge in [-0.15, -0.1) is 0 Å². The van der Waals surface area contributed by atoms with Gasteiger partial charge in [0.1, 0.15) is 5.82 Å². The van der Waals surface area contributed by atoms with E-state index in [0.29, 0.717) is 18.5 Å². The summed E-state index contributed by atoms with van der Waals surface area (Å²) >= 11 is 0. The number of aryl methyl sites for hydroxylation is 1. The van der Waals surface area contributed by atoms with Gasteiger partial charge in [-0.25, -0.2) is 4.39 Å². The van der Waals surface area contributed by atoms with Crippen molar-refractivity contribution in [3.05, 3.63) is 29.6 Å². The Morgan fingerprint density at radius 2 is 1.90 bits per heavy atom. The fourth-order valence-corrected chi connectivity index (χ4v) is 2.18. The van der Waals surface area contributed by atoms with E-state index in [9.17, 15) is 9.18 Å². The summed E-state index contributed by atoms with van der Waals surface area (Å²) in [5.41, 5.74) is 1.08. The second kappa shape index (κ2) is 7.58. The molecule has 0 aliphatic rings. The highest BCUT2D eigenvalue weighted by atomic mass is 19.1. The minimum Gasteiger partial charge on any atom is -0.312 e. The van der Waals surface area contributed by atoms with E-state index in [1.165, 1.54) is 6.07 Å².